The van der Waals surface area contributed by atoms with Gasteiger partial charge in [0.25, 0.3) is 0 Å². The zero-order chi connectivity index (χ0) is 13.5. The number of aliphatic hydroxyl groups excluding tert-OH is 1. The Hall–Kier alpha value is -1.82. The molecule has 6 nitrogen and oxygen atoms in total. The van der Waals surface area contributed by atoms with Gasteiger partial charge in [0.15, 0.2) is 0 Å². The van der Waals surface area contributed by atoms with Gasteiger partial charge in [-0.3, -0.25) is 4.79 Å². The molecule has 0 amide bonds. The van der Waals surface area contributed by atoms with Gasteiger partial charge in [-0.1, -0.05) is 0 Å². The fourth-order valence-corrected chi connectivity index (χ4v) is 1.73. The molecule has 0 bridgehead atoms. The van der Waals surface area contributed by atoms with E-state index in [0.29, 0.717) is 5.69 Å². The molecule has 0 saturated heterocycles. The lowest BCUT2D eigenvalue weighted by molar-refractivity contribution is -0.146. The Bertz CT molecular complexity index is 412. The number of aliphatic hydroxyl groups is 1. The van der Waals surface area contributed by atoms with Crippen LogP contribution in [0.5, 0.6) is 0 Å². The third-order valence-electron chi connectivity index (χ3n) is 2.69. The van der Waals surface area contributed by atoms with E-state index in [4.69, 9.17) is 9.84 Å². The molecule has 1 rings (SSSR count). The normalized spacial score (nSPS) is 11.9. The number of carbonyl (C=O) groups is 2. The second kappa shape index (κ2) is 6.80. The number of esters is 2. The predicted octanol–water partition coefficient (Wildman–Crippen LogP) is 0.648. The Morgan fingerprint density at radius 2 is 2.11 bits per heavy atom. The SMILES string of the molecule is COC(=O)CC[C@@H](C(=O)OC)n1cccc1CO. The third kappa shape index (κ3) is 3.33. The maximum absolute atomic E-state index is 11.7. The minimum Gasteiger partial charge on any atom is -0.469 e. The number of ether oxygens (including phenoxy) is 2. The fourth-order valence-electron chi connectivity index (χ4n) is 1.73. The molecule has 0 aliphatic rings. The molecule has 1 heterocycles. The van der Waals surface area contributed by atoms with Gasteiger partial charge in [0.2, 0.25) is 0 Å². The first-order chi connectivity index (χ1) is 8.63. The molecule has 1 aromatic rings. The minimum atomic E-state index is -0.633. The monoisotopic (exact) mass is 255 g/mol. The Morgan fingerprint density at radius 1 is 1.39 bits per heavy atom. The van der Waals surface area contributed by atoms with E-state index in [9.17, 15) is 9.59 Å². The van der Waals surface area contributed by atoms with Crippen LogP contribution in [0.3, 0.4) is 0 Å². The summed E-state index contributed by atoms with van der Waals surface area (Å²) in [5, 5.41) is 9.17. The molecule has 0 aliphatic heterocycles. The van der Waals surface area contributed by atoms with Gasteiger partial charge < -0.3 is 19.1 Å². The van der Waals surface area contributed by atoms with Crippen molar-refractivity contribution in [2.24, 2.45) is 0 Å². The summed E-state index contributed by atoms with van der Waals surface area (Å²) in [5.41, 5.74) is 0.593. The Morgan fingerprint density at radius 3 is 2.67 bits per heavy atom. The smallest absolute Gasteiger partial charge is 0.328 e. The van der Waals surface area contributed by atoms with Crippen LogP contribution in [0.2, 0.25) is 0 Å². The number of methoxy groups -OCH3 is 2. The molecular formula is C12H17NO5. The highest BCUT2D eigenvalue weighted by Crippen LogP contribution is 2.19. The average molecular weight is 255 g/mol. The van der Waals surface area contributed by atoms with Crippen molar-refractivity contribution in [3.8, 4) is 0 Å². The summed E-state index contributed by atoms with van der Waals surface area (Å²) in [6.45, 7) is -0.182. The molecule has 0 radical (unpaired) electrons. The maximum Gasteiger partial charge on any atom is 0.328 e. The van der Waals surface area contributed by atoms with Crippen molar-refractivity contribution >= 4 is 11.9 Å². The van der Waals surface area contributed by atoms with Crippen LogP contribution in [0.4, 0.5) is 0 Å². The molecule has 0 fully saturated rings. The average Bonchev–Trinajstić information content (AvgIpc) is 2.86. The van der Waals surface area contributed by atoms with E-state index < -0.39 is 12.0 Å². The summed E-state index contributed by atoms with van der Waals surface area (Å²) in [6, 6.07) is 2.79. The highest BCUT2D eigenvalue weighted by molar-refractivity contribution is 5.76. The molecule has 100 valence electrons. The van der Waals surface area contributed by atoms with Crippen LogP contribution in [0.15, 0.2) is 18.3 Å². The number of nitrogens with zero attached hydrogens (tertiary/aromatic N) is 1. The number of carbonyl (C=O) groups excluding carboxylic acids is 2. The van der Waals surface area contributed by atoms with E-state index in [1.165, 1.54) is 14.2 Å². The Balaban J connectivity index is 2.85. The van der Waals surface area contributed by atoms with Crippen molar-refractivity contribution in [3.63, 3.8) is 0 Å². The summed E-state index contributed by atoms with van der Waals surface area (Å²) in [6.07, 6.45) is 2.05. The lowest BCUT2D eigenvalue weighted by atomic mass is 10.1. The molecular weight excluding hydrogens is 238 g/mol. The van der Waals surface area contributed by atoms with Crippen LogP contribution in [-0.4, -0.2) is 35.8 Å². The number of hydrogen-bond acceptors (Lipinski definition) is 5. The maximum atomic E-state index is 11.7. The van der Waals surface area contributed by atoms with E-state index in [2.05, 4.69) is 4.74 Å². The van der Waals surface area contributed by atoms with Crippen molar-refractivity contribution in [1.29, 1.82) is 0 Å². The van der Waals surface area contributed by atoms with Crippen LogP contribution in [0, 0.1) is 0 Å². The van der Waals surface area contributed by atoms with E-state index >= 15 is 0 Å². The molecule has 1 aromatic heterocycles. The molecule has 6 heteroatoms. The van der Waals surface area contributed by atoms with Crippen molar-refractivity contribution < 1.29 is 24.2 Å². The standard InChI is InChI=1S/C12H17NO5/c1-17-11(15)6-5-10(12(16)18-2)13-7-3-4-9(13)8-14/h3-4,7,10,14H,5-6,8H2,1-2H3/t10-/m0/s1. The van der Waals surface area contributed by atoms with Gasteiger partial charge in [0, 0.05) is 18.3 Å². The van der Waals surface area contributed by atoms with Crippen LogP contribution < -0.4 is 0 Å². The van der Waals surface area contributed by atoms with Gasteiger partial charge in [-0.05, 0) is 18.6 Å². The lowest BCUT2D eigenvalue weighted by Gasteiger charge is -2.18. The fraction of sp³-hybridized carbons (Fsp3) is 0.500. The summed E-state index contributed by atoms with van der Waals surface area (Å²) < 4.78 is 10.9. The first-order valence-corrected chi connectivity index (χ1v) is 5.55. The van der Waals surface area contributed by atoms with Crippen LogP contribution in [0.25, 0.3) is 0 Å². The molecule has 0 unspecified atom stereocenters. The molecule has 0 spiro atoms. The van der Waals surface area contributed by atoms with Crippen LogP contribution in [-0.2, 0) is 25.7 Å². The highest BCUT2D eigenvalue weighted by atomic mass is 16.5. The van der Waals surface area contributed by atoms with Crippen LogP contribution in [0.1, 0.15) is 24.6 Å². The highest BCUT2D eigenvalue weighted by Gasteiger charge is 2.23. The van der Waals surface area contributed by atoms with Gasteiger partial charge in [-0.15, -0.1) is 0 Å². The summed E-state index contributed by atoms with van der Waals surface area (Å²) in [7, 11) is 2.58. The minimum absolute atomic E-state index is 0.110. The van der Waals surface area contributed by atoms with Crippen molar-refractivity contribution in [3.05, 3.63) is 24.0 Å². The Labute approximate surface area is 105 Å². The second-order valence-corrected chi connectivity index (χ2v) is 3.72. The molecule has 1 N–H and O–H groups in total. The molecule has 0 aromatic carbocycles. The Kier molecular flexibility index (Phi) is 5.38. The third-order valence-corrected chi connectivity index (χ3v) is 2.69. The van der Waals surface area contributed by atoms with E-state index in [1.807, 2.05) is 0 Å². The van der Waals surface area contributed by atoms with Crippen LogP contribution >= 0.6 is 0 Å². The van der Waals surface area contributed by atoms with Crippen molar-refractivity contribution in [2.45, 2.75) is 25.5 Å². The van der Waals surface area contributed by atoms with E-state index in [-0.39, 0.29) is 25.4 Å². The van der Waals surface area contributed by atoms with Crippen molar-refractivity contribution in [2.75, 3.05) is 14.2 Å². The van der Waals surface area contributed by atoms with E-state index in [1.54, 1.807) is 22.9 Å². The summed E-state index contributed by atoms with van der Waals surface area (Å²) in [5.74, 6) is -0.841. The van der Waals surface area contributed by atoms with E-state index in [0.717, 1.165) is 0 Å². The zero-order valence-corrected chi connectivity index (χ0v) is 10.5. The van der Waals surface area contributed by atoms with Gasteiger partial charge in [-0.2, -0.15) is 0 Å². The largest absolute Gasteiger partial charge is 0.469 e. The zero-order valence-electron chi connectivity index (χ0n) is 10.5. The molecule has 18 heavy (non-hydrogen) atoms. The van der Waals surface area contributed by atoms with Gasteiger partial charge in [0.1, 0.15) is 6.04 Å². The molecule has 1 atom stereocenters. The number of aromatic nitrogens is 1. The van der Waals surface area contributed by atoms with Gasteiger partial charge in [0.05, 0.1) is 20.8 Å². The summed E-state index contributed by atoms with van der Waals surface area (Å²) in [4.78, 5) is 22.8. The summed E-state index contributed by atoms with van der Waals surface area (Å²) >= 11 is 0. The lowest BCUT2D eigenvalue weighted by Crippen LogP contribution is -2.23. The van der Waals surface area contributed by atoms with Gasteiger partial charge in [-0.25, -0.2) is 4.79 Å². The van der Waals surface area contributed by atoms with Gasteiger partial charge >= 0.3 is 11.9 Å². The second-order valence-electron chi connectivity index (χ2n) is 3.72. The predicted molar refractivity (Wildman–Crippen MR) is 62.7 cm³/mol. The number of hydrogen-bond donors (Lipinski definition) is 1. The molecule has 0 aliphatic carbocycles. The number of rotatable bonds is 6. The quantitative estimate of drug-likeness (QED) is 0.755. The molecule has 0 saturated carbocycles. The topological polar surface area (TPSA) is 77.8 Å². The first kappa shape index (κ1) is 14.2. The first-order valence-electron chi connectivity index (χ1n) is 5.55. The van der Waals surface area contributed by atoms with Crippen molar-refractivity contribution in [1.82, 2.24) is 4.57 Å².